The Hall–Kier alpha value is -3.08. The molecule has 2 amide bonds. The van der Waals surface area contributed by atoms with Gasteiger partial charge >= 0.3 is 12.2 Å². The van der Waals surface area contributed by atoms with Gasteiger partial charge in [-0.3, -0.25) is 9.69 Å². The van der Waals surface area contributed by atoms with Crippen molar-refractivity contribution >= 4 is 17.6 Å². The second kappa shape index (κ2) is 8.94. The van der Waals surface area contributed by atoms with Crippen molar-refractivity contribution < 1.29 is 22.8 Å². The highest BCUT2D eigenvalue weighted by atomic mass is 19.4. The van der Waals surface area contributed by atoms with Crippen molar-refractivity contribution in [3.63, 3.8) is 0 Å². The molecule has 3 atom stereocenters. The topological polar surface area (TPSA) is 87.7 Å². The molecule has 1 saturated heterocycles. The summed E-state index contributed by atoms with van der Waals surface area (Å²) in [6, 6.07) is 4.14. The predicted molar refractivity (Wildman–Crippen MR) is 120 cm³/mol. The summed E-state index contributed by atoms with van der Waals surface area (Å²) in [4.78, 5) is 29.5. The van der Waals surface area contributed by atoms with Gasteiger partial charge in [-0.2, -0.15) is 23.0 Å². The number of amides is 2. The standard InChI is InChI=1S/C23H29F3N6O2/c1-29(2)19-5-14(4-18(8-19)23(24,25)26)10-30(3)20-6-15-11-31(12-16(15)7-20)22(34)32-13-17(9-28-32)21(27)33/h4-5,8-9,13,15-16,20H,6-7,10-12H2,1-3H3,(H2,27,33)/t15-,16+,20?. The Morgan fingerprint density at radius 3 is 2.29 bits per heavy atom. The molecule has 11 heteroatoms. The molecule has 2 N–H and O–H groups in total. The summed E-state index contributed by atoms with van der Waals surface area (Å²) < 4.78 is 41.3. The maximum Gasteiger partial charge on any atom is 0.416 e. The largest absolute Gasteiger partial charge is 0.416 e. The first-order valence-corrected chi connectivity index (χ1v) is 11.1. The number of hydrogen-bond donors (Lipinski definition) is 1. The number of fused-ring (bicyclic) bond motifs is 1. The predicted octanol–water partition coefficient (Wildman–Crippen LogP) is 2.88. The van der Waals surface area contributed by atoms with E-state index >= 15 is 0 Å². The SMILES string of the molecule is CN(C)c1cc(CN(C)C2C[C@@H]3CN(C(=O)n4cc(C(N)=O)cn4)C[C@@H]3C2)cc(C(F)(F)F)c1. The van der Waals surface area contributed by atoms with E-state index in [0.717, 1.165) is 17.5 Å². The summed E-state index contributed by atoms with van der Waals surface area (Å²) in [6.45, 7) is 1.60. The van der Waals surface area contributed by atoms with Gasteiger partial charge in [0.1, 0.15) is 0 Å². The number of carbonyl (C=O) groups is 2. The maximum atomic E-state index is 13.4. The van der Waals surface area contributed by atoms with Gasteiger partial charge in [0.2, 0.25) is 0 Å². The first kappa shape index (κ1) is 24.1. The van der Waals surface area contributed by atoms with Crippen molar-refractivity contribution in [3.05, 3.63) is 47.3 Å². The average molecular weight is 479 g/mol. The second-order valence-electron chi connectivity index (χ2n) is 9.57. The summed E-state index contributed by atoms with van der Waals surface area (Å²) in [5.74, 6) is 0.00419. The van der Waals surface area contributed by atoms with Crippen LogP contribution >= 0.6 is 0 Å². The molecule has 184 valence electrons. The van der Waals surface area contributed by atoms with E-state index in [1.165, 1.54) is 24.5 Å². The summed E-state index contributed by atoms with van der Waals surface area (Å²) in [5.41, 5.74) is 5.91. The average Bonchev–Trinajstić information content (AvgIpc) is 3.47. The molecule has 0 bridgehead atoms. The summed E-state index contributed by atoms with van der Waals surface area (Å²) in [5, 5.41) is 3.94. The molecule has 0 radical (unpaired) electrons. The van der Waals surface area contributed by atoms with Crippen LogP contribution in [0, 0.1) is 11.8 Å². The Morgan fingerprint density at radius 2 is 1.76 bits per heavy atom. The Bertz CT molecular complexity index is 1070. The van der Waals surface area contributed by atoms with Gasteiger partial charge in [-0.15, -0.1) is 0 Å². The first-order chi connectivity index (χ1) is 15.9. The Morgan fingerprint density at radius 1 is 1.12 bits per heavy atom. The second-order valence-corrected chi connectivity index (χ2v) is 9.57. The molecule has 2 fully saturated rings. The monoisotopic (exact) mass is 478 g/mol. The minimum Gasteiger partial charge on any atom is -0.378 e. The molecular weight excluding hydrogens is 449 g/mol. The zero-order valence-corrected chi connectivity index (χ0v) is 19.4. The number of nitrogens with zero attached hydrogens (tertiary/aromatic N) is 5. The van der Waals surface area contributed by atoms with Crippen LogP contribution in [0.25, 0.3) is 0 Å². The summed E-state index contributed by atoms with van der Waals surface area (Å²) in [7, 11) is 5.40. The van der Waals surface area contributed by atoms with Gasteiger partial charge in [-0.1, -0.05) is 0 Å². The molecule has 1 aliphatic carbocycles. The van der Waals surface area contributed by atoms with Crippen molar-refractivity contribution in [2.75, 3.05) is 39.1 Å². The van der Waals surface area contributed by atoms with Crippen molar-refractivity contribution in [2.45, 2.75) is 31.6 Å². The lowest BCUT2D eigenvalue weighted by molar-refractivity contribution is -0.137. The smallest absolute Gasteiger partial charge is 0.378 e. The highest BCUT2D eigenvalue weighted by molar-refractivity contribution is 5.93. The van der Waals surface area contributed by atoms with E-state index in [1.807, 2.05) is 7.05 Å². The molecular formula is C23H29F3N6O2. The highest BCUT2D eigenvalue weighted by Crippen LogP contribution is 2.41. The van der Waals surface area contributed by atoms with Crippen molar-refractivity contribution in [3.8, 4) is 0 Å². The fraction of sp³-hybridized carbons (Fsp3) is 0.522. The molecule has 1 saturated carbocycles. The van der Waals surface area contributed by atoms with Crippen LogP contribution in [0.15, 0.2) is 30.6 Å². The third-order valence-corrected chi connectivity index (χ3v) is 6.94. The molecule has 1 unspecified atom stereocenters. The minimum atomic E-state index is -4.40. The van der Waals surface area contributed by atoms with Crippen molar-refractivity contribution in [1.29, 1.82) is 0 Å². The molecule has 8 nitrogen and oxygen atoms in total. The summed E-state index contributed by atoms with van der Waals surface area (Å²) >= 11 is 0. The van der Waals surface area contributed by atoms with Gasteiger partial charge < -0.3 is 15.5 Å². The highest BCUT2D eigenvalue weighted by Gasteiger charge is 2.44. The summed E-state index contributed by atoms with van der Waals surface area (Å²) in [6.07, 6.45) is -0.0390. The van der Waals surface area contributed by atoms with Crippen LogP contribution in [0.4, 0.5) is 23.7 Å². The van der Waals surface area contributed by atoms with Crippen LogP contribution < -0.4 is 10.6 Å². The maximum absolute atomic E-state index is 13.4. The molecule has 1 aliphatic heterocycles. The molecule has 4 rings (SSSR count). The van der Waals surface area contributed by atoms with E-state index in [2.05, 4.69) is 10.00 Å². The Balaban J connectivity index is 1.38. The fourth-order valence-corrected chi connectivity index (χ4v) is 5.09. The molecule has 1 aromatic carbocycles. The van der Waals surface area contributed by atoms with Crippen LogP contribution in [0.5, 0.6) is 0 Å². The number of carbonyl (C=O) groups excluding carboxylic acids is 2. The first-order valence-electron chi connectivity index (χ1n) is 11.1. The van der Waals surface area contributed by atoms with Crippen LogP contribution in [0.3, 0.4) is 0 Å². The molecule has 34 heavy (non-hydrogen) atoms. The van der Waals surface area contributed by atoms with Crippen LogP contribution in [0.2, 0.25) is 0 Å². The number of hydrogen-bond acceptors (Lipinski definition) is 5. The molecule has 0 spiro atoms. The quantitative estimate of drug-likeness (QED) is 0.714. The lowest BCUT2D eigenvalue weighted by Gasteiger charge is -2.27. The molecule has 1 aromatic heterocycles. The number of likely N-dealkylation sites (tertiary alicyclic amines) is 1. The van der Waals surface area contributed by atoms with Crippen molar-refractivity contribution in [2.24, 2.45) is 17.6 Å². The van der Waals surface area contributed by atoms with Gasteiger partial charge in [0.05, 0.1) is 17.3 Å². The number of alkyl halides is 3. The van der Waals surface area contributed by atoms with Crippen LogP contribution in [-0.4, -0.2) is 71.8 Å². The van der Waals surface area contributed by atoms with Crippen LogP contribution in [-0.2, 0) is 12.7 Å². The lowest BCUT2D eigenvalue weighted by Crippen LogP contribution is -2.36. The Kier molecular flexibility index (Phi) is 6.32. The third-order valence-electron chi connectivity index (χ3n) is 6.94. The Labute approximate surface area is 196 Å². The number of halogens is 3. The molecule has 2 heterocycles. The van der Waals surface area contributed by atoms with E-state index in [1.54, 1.807) is 30.0 Å². The fourth-order valence-electron chi connectivity index (χ4n) is 5.09. The van der Waals surface area contributed by atoms with E-state index in [0.29, 0.717) is 42.7 Å². The zero-order valence-electron chi connectivity index (χ0n) is 19.4. The normalized spacial score (nSPS) is 22.3. The molecule has 2 aliphatic rings. The van der Waals surface area contributed by atoms with E-state index in [9.17, 15) is 22.8 Å². The van der Waals surface area contributed by atoms with Gasteiger partial charge in [-0.05, 0) is 55.5 Å². The number of primary amides is 1. The third kappa shape index (κ3) is 4.89. The van der Waals surface area contributed by atoms with E-state index < -0.39 is 17.6 Å². The zero-order chi connectivity index (χ0) is 24.8. The number of anilines is 1. The molecule has 2 aromatic rings. The number of nitrogens with two attached hydrogens (primary N) is 1. The lowest BCUT2D eigenvalue weighted by atomic mass is 10.0. The number of rotatable bonds is 5. The number of benzene rings is 1. The number of aromatic nitrogens is 2. The van der Waals surface area contributed by atoms with Gasteiger partial charge in [-0.25, -0.2) is 4.79 Å². The van der Waals surface area contributed by atoms with E-state index in [-0.39, 0.29) is 17.6 Å². The van der Waals surface area contributed by atoms with Gasteiger partial charge in [0.15, 0.2) is 0 Å². The van der Waals surface area contributed by atoms with E-state index in [4.69, 9.17) is 5.73 Å². The van der Waals surface area contributed by atoms with Gasteiger partial charge in [0.25, 0.3) is 5.91 Å². The van der Waals surface area contributed by atoms with Crippen LogP contribution in [0.1, 0.15) is 34.3 Å². The van der Waals surface area contributed by atoms with Gasteiger partial charge in [0, 0.05) is 51.7 Å². The minimum absolute atomic E-state index is 0.182. The van der Waals surface area contributed by atoms with Crippen molar-refractivity contribution in [1.82, 2.24) is 19.6 Å².